The van der Waals surface area contributed by atoms with Crippen LogP contribution < -0.4 is 5.56 Å². The molecule has 0 fully saturated rings. The summed E-state index contributed by atoms with van der Waals surface area (Å²) in [6, 6.07) is 4.88. The fraction of sp³-hybridized carbons (Fsp3) is 0.294. The third kappa shape index (κ3) is 3.10. The largest absolute Gasteiger partial charge is 0.459 e. The zero-order valence-electron chi connectivity index (χ0n) is 13.5. The average molecular weight is 339 g/mol. The molecular formula is C17H17N5O3. The number of aromatic nitrogens is 4. The third-order valence-electron chi connectivity index (χ3n) is 4.21. The molecule has 1 aliphatic rings. The second-order valence-electron chi connectivity index (χ2n) is 5.95. The molecule has 1 amide bonds. The van der Waals surface area contributed by atoms with E-state index in [1.54, 1.807) is 40.2 Å². The van der Waals surface area contributed by atoms with Crippen molar-refractivity contribution in [1.82, 2.24) is 24.0 Å². The van der Waals surface area contributed by atoms with E-state index < -0.39 is 0 Å². The van der Waals surface area contributed by atoms with Crippen LogP contribution in [0.3, 0.4) is 0 Å². The third-order valence-corrected chi connectivity index (χ3v) is 4.21. The highest BCUT2D eigenvalue weighted by Gasteiger charge is 2.23. The lowest BCUT2D eigenvalue weighted by Gasteiger charge is -2.19. The van der Waals surface area contributed by atoms with E-state index in [0.717, 1.165) is 0 Å². The van der Waals surface area contributed by atoms with Gasteiger partial charge < -0.3 is 13.9 Å². The number of imidazole rings is 1. The molecule has 0 bridgehead atoms. The zero-order chi connectivity index (χ0) is 17.2. The van der Waals surface area contributed by atoms with Crippen molar-refractivity contribution < 1.29 is 9.21 Å². The van der Waals surface area contributed by atoms with Crippen molar-refractivity contribution in [1.29, 1.82) is 0 Å². The predicted molar refractivity (Wildman–Crippen MR) is 87.9 cm³/mol. The van der Waals surface area contributed by atoms with Crippen LogP contribution >= 0.6 is 0 Å². The number of carbonyl (C=O) groups excluding carboxylic acids is 1. The molecule has 8 heteroatoms. The van der Waals surface area contributed by atoms with Crippen LogP contribution in [0, 0.1) is 0 Å². The lowest BCUT2D eigenvalue weighted by atomic mass is 10.3. The smallest absolute Gasteiger partial charge is 0.289 e. The quantitative estimate of drug-likeness (QED) is 0.714. The number of hydrogen-bond donors (Lipinski definition) is 0. The second-order valence-corrected chi connectivity index (χ2v) is 5.95. The van der Waals surface area contributed by atoms with E-state index in [1.807, 2.05) is 10.8 Å². The highest BCUT2D eigenvalue weighted by Crippen LogP contribution is 2.14. The van der Waals surface area contributed by atoms with E-state index >= 15 is 0 Å². The van der Waals surface area contributed by atoms with Crippen LogP contribution in [0.4, 0.5) is 0 Å². The summed E-state index contributed by atoms with van der Waals surface area (Å²) in [6.45, 7) is 1.86. The summed E-state index contributed by atoms with van der Waals surface area (Å²) >= 11 is 0. The number of amides is 1. The van der Waals surface area contributed by atoms with Gasteiger partial charge in [-0.05, 0) is 18.6 Å². The highest BCUT2D eigenvalue weighted by molar-refractivity contribution is 5.91. The SMILES string of the molecule is O=C(c1ccco1)N1CCCn2c(nc(Cn3ccnc3)cc2=O)C1. The minimum Gasteiger partial charge on any atom is -0.459 e. The first kappa shape index (κ1) is 15.4. The molecule has 4 heterocycles. The molecule has 0 atom stereocenters. The van der Waals surface area contributed by atoms with Crippen LogP contribution in [0.1, 0.15) is 28.5 Å². The van der Waals surface area contributed by atoms with Crippen molar-refractivity contribution in [3.8, 4) is 0 Å². The first-order valence-electron chi connectivity index (χ1n) is 8.09. The van der Waals surface area contributed by atoms with Gasteiger partial charge in [-0.2, -0.15) is 0 Å². The normalized spacial score (nSPS) is 14.2. The maximum atomic E-state index is 12.6. The van der Waals surface area contributed by atoms with Gasteiger partial charge in [-0.3, -0.25) is 14.2 Å². The molecule has 0 unspecified atom stereocenters. The molecular weight excluding hydrogens is 322 g/mol. The van der Waals surface area contributed by atoms with Gasteiger partial charge in [0.05, 0.1) is 31.4 Å². The number of hydrogen-bond acceptors (Lipinski definition) is 5. The van der Waals surface area contributed by atoms with E-state index in [2.05, 4.69) is 9.97 Å². The number of furan rings is 1. The van der Waals surface area contributed by atoms with Crippen LogP contribution in [0.15, 0.2) is 52.4 Å². The van der Waals surface area contributed by atoms with Crippen LogP contribution in [-0.4, -0.2) is 36.5 Å². The monoisotopic (exact) mass is 339 g/mol. The molecule has 4 rings (SSSR count). The summed E-state index contributed by atoms with van der Waals surface area (Å²) in [5.41, 5.74) is 0.564. The molecule has 25 heavy (non-hydrogen) atoms. The Hall–Kier alpha value is -3.16. The fourth-order valence-electron chi connectivity index (χ4n) is 3.01. The zero-order valence-corrected chi connectivity index (χ0v) is 13.5. The molecule has 0 N–H and O–H groups in total. The standard InChI is InChI=1S/C17H17N5O3/c23-16-9-13(10-20-7-4-18-12-20)19-15-11-21(5-2-6-22(15)16)17(24)14-3-1-8-25-14/h1,3-4,7-9,12H,2,5-6,10-11H2. The summed E-state index contributed by atoms with van der Waals surface area (Å²) in [5, 5.41) is 0. The highest BCUT2D eigenvalue weighted by atomic mass is 16.3. The van der Waals surface area contributed by atoms with E-state index in [-0.39, 0.29) is 18.0 Å². The Morgan fingerprint density at radius 2 is 2.24 bits per heavy atom. The Labute approximate surface area is 143 Å². The predicted octanol–water partition coefficient (Wildman–Crippen LogP) is 1.13. The molecule has 0 aliphatic carbocycles. The van der Waals surface area contributed by atoms with Crippen LogP contribution in [0.2, 0.25) is 0 Å². The maximum absolute atomic E-state index is 12.6. The van der Waals surface area contributed by atoms with Crippen LogP contribution in [0.25, 0.3) is 0 Å². The molecule has 0 saturated heterocycles. The summed E-state index contributed by atoms with van der Waals surface area (Å²) in [4.78, 5) is 35.3. The van der Waals surface area contributed by atoms with Crippen molar-refractivity contribution >= 4 is 5.91 Å². The van der Waals surface area contributed by atoms with Crippen molar-refractivity contribution in [3.63, 3.8) is 0 Å². The van der Waals surface area contributed by atoms with E-state index in [4.69, 9.17) is 4.42 Å². The Bertz CT molecular complexity index is 928. The lowest BCUT2D eigenvalue weighted by molar-refractivity contribution is 0.0711. The van der Waals surface area contributed by atoms with Crippen LogP contribution in [-0.2, 0) is 19.6 Å². The van der Waals surface area contributed by atoms with E-state index in [0.29, 0.717) is 43.3 Å². The summed E-state index contributed by atoms with van der Waals surface area (Å²) in [6.07, 6.45) is 7.35. The molecule has 3 aromatic heterocycles. The van der Waals surface area contributed by atoms with Gasteiger partial charge in [0.25, 0.3) is 11.5 Å². The summed E-state index contributed by atoms with van der Waals surface area (Å²) in [7, 11) is 0. The number of carbonyl (C=O) groups is 1. The van der Waals surface area contributed by atoms with Crippen molar-refractivity contribution in [2.45, 2.75) is 26.1 Å². The van der Waals surface area contributed by atoms with Crippen LogP contribution in [0.5, 0.6) is 0 Å². The Morgan fingerprint density at radius 1 is 1.32 bits per heavy atom. The summed E-state index contributed by atoms with van der Waals surface area (Å²) < 4.78 is 8.70. The first-order valence-corrected chi connectivity index (χ1v) is 8.09. The van der Waals surface area contributed by atoms with E-state index in [1.165, 1.54) is 6.26 Å². The molecule has 0 radical (unpaired) electrons. The molecule has 0 spiro atoms. The molecule has 1 aliphatic heterocycles. The van der Waals surface area contributed by atoms with Gasteiger partial charge in [-0.1, -0.05) is 0 Å². The van der Waals surface area contributed by atoms with Crippen molar-refractivity contribution in [2.75, 3.05) is 6.54 Å². The van der Waals surface area contributed by atoms with Gasteiger partial charge in [0.2, 0.25) is 0 Å². The Kier molecular flexibility index (Phi) is 3.93. The number of rotatable bonds is 3. The minimum atomic E-state index is -0.187. The number of nitrogens with zero attached hydrogens (tertiary/aromatic N) is 5. The Morgan fingerprint density at radius 3 is 3.00 bits per heavy atom. The lowest BCUT2D eigenvalue weighted by Crippen LogP contribution is -2.32. The molecule has 3 aromatic rings. The molecule has 0 aromatic carbocycles. The maximum Gasteiger partial charge on any atom is 0.289 e. The molecule has 128 valence electrons. The van der Waals surface area contributed by atoms with Crippen molar-refractivity contribution in [3.05, 3.63) is 70.8 Å². The van der Waals surface area contributed by atoms with Gasteiger partial charge in [0.1, 0.15) is 5.82 Å². The van der Waals surface area contributed by atoms with Crippen molar-refractivity contribution in [2.24, 2.45) is 0 Å². The average Bonchev–Trinajstić information content (AvgIpc) is 3.25. The molecule has 0 saturated carbocycles. The van der Waals surface area contributed by atoms with Gasteiger partial charge in [-0.25, -0.2) is 9.97 Å². The second kappa shape index (κ2) is 6.39. The van der Waals surface area contributed by atoms with Gasteiger partial charge in [-0.15, -0.1) is 0 Å². The minimum absolute atomic E-state index is 0.0904. The van der Waals surface area contributed by atoms with E-state index in [9.17, 15) is 9.59 Å². The van der Waals surface area contributed by atoms with Gasteiger partial charge in [0.15, 0.2) is 5.76 Å². The van der Waals surface area contributed by atoms with Gasteiger partial charge >= 0.3 is 0 Å². The molecule has 8 nitrogen and oxygen atoms in total. The fourth-order valence-corrected chi connectivity index (χ4v) is 3.01. The first-order chi connectivity index (χ1) is 12.2. The summed E-state index contributed by atoms with van der Waals surface area (Å²) in [5.74, 6) is 0.707. The number of fused-ring (bicyclic) bond motifs is 1. The van der Waals surface area contributed by atoms with Gasteiger partial charge in [0, 0.05) is 31.5 Å². The Balaban J connectivity index is 1.64. The topological polar surface area (TPSA) is 86.2 Å².